The lowest BCUT2D eigenvalue weighted by Crippen LogP contribution is -2.52. The molecule has 0 spiro atoms. The number of likely N-dealkylation sites (tertiary alicyclic amines) is 2. The van der Waals surface area contributed by atoms with Gasteiger partial charge in [-0.05, 0) is 60.2 Å². The first-order chi connectivity index (χ1) is 22.4. The number of hydrogen-bond acceptors (Lipinski definition) is 8. The lowest BCUT2D eigenvalue weighted by Gasteiger charge is -2.41. The number of nitriles is 1. The van der Waals surface area contributed by atoms with Gasteiger partial charge >= 0.3 is 0 Å². The van der Waals surface area contributed by atoms with E-state index >= 15 is 0 Å². The van der Waals surface area contributed by atoms with Crippen molar-refractivity contribution in [2.75, 3.05) is 46.1 Å². The first-order valence-corrected chi connectivity index (χ1v) is 16.0. The van der Waals surface area contributed by atoms with Crippen LogP contribution in [0.5, 0.6) is 11.5 Å². The molecule has 3 aromatic rings. The van der Waals surface area contributed by atoms with Gasteiger partial charge in [0.25, 0.3) is 0 Å². The number of nitrogens with zero attached hydrogens (tertiary/aromatic N) is 4. The number of carbonyl (C=O) groups is 3. The van der Waals surface area contributed by atoms with Crippen molar-refractivity contribution in [1.82, 2.24) is 25.3 Å². The van der Waals surface area contributed by atoms with Crippen molar-refractivity contribution in [3.05, 3.63) is 71.8 Å². The Morgan fingerprint density at radius 1 is 0.978 bits per heavy atom. The summed E-state index contributed by atoms with van der Waals surface area (Å²) in [7, 11) is 0. The summed E-state index contributed by atoms with van der Waals surface area (Å²) in [5.74, 6) is 0.410. The van der Waals surface area contributed by atoms with Crippen molar-refractivity contribution >= 4 is 28.5 Å². The van der Waals surface area contributed by atoms with Crippen molar-refractivity contribution in [2.24, 2.45) is 0 Å². The van der Waals surface area contributed by atoms with Crippen molar-refractivity contribution in [3.8, 4) is 17.7 Å². The number of hydrogen-bond donors (Lipinski definition) is 2. The van der Waals surface area contributed by atoms with Crippen LogP contribution >= 0.6 is 0 Å². The molecular weight excluding hydrogens is 584 g/mol. The molecule has 11 heteroatoms. The molecule has 11 nitrogen and oxygen atoms in total. The highest BCUT2D eigenvalue weighted by atomic mass is 16.7. The van der Waals surface area contributed by atoms with Crippen LogP contribution in [0, 0.1) is 11.5 Å². The minimum atomic E-state index is -0.384. The molecular formula is C35H40N6O5. The Kier molecular flexibility index (Phi) is 9.54. The van der Waals surface area contributed by atoms with Gasteiger partial charge in [0.2, 0.25) is 24.5 Å². The zero-order chi connectivity index (χ0) is 32.0. The fraction of sp³-hybridized carbons (Fsp3) is 0.429. The average Bonchev–Trinajstić information content (AvgIpc) is 3.75. The standard InChI is InChI=1S/C35H40N6O5/c1-24(29-8-4-6-26-5-2-3-7-30(26)29)40-15-12-28(13-16-40)41(35(44)18-25-9-10-31-32(17-25)46-23-45-31)21-34(43)37-19-33(42)38-27-11-14-39(20-27)22-36/h2-10,17,24,27-28H,11-16,18-21,23H2,1H3,(H,37,43)(H,38,42). The van der Waals surface area contributed by atoms with Crippen LogP contribution in [-0.4, -0.2) is 90.6 Å². The number of piperidine rings is 1. The maximum atomic E-state index is 13.8. The molecule has 2 saturated heterocycles. The molecule has 0 bridgehead atoms. The lowest BCUT2D eigenvalue weighted by atomic mass is 9.95. The summed E-state index contributed by atoms with van der Waals surface area (Å²) < 4.78 is 10.9. The van der Waals surface area contributed by atoms with Gasteiger partial charge in [-0.15, -0.1) is 0 Å². The topological polar surface area (TPSA) is 127 Å². The van der Waals surface area contributed by atoms with Crippen LogP contribution in [0.2, 0.25) is 0 Å². The molecule has 2 unspecified atom stereocenters. The summed E-state index contributed by atoms with van der Waals surface area (Å²) in [6, 6.07) is 20.3. The number of benzene rings is 3. The summed E-state index contributed by atoms with van der Waals surface area (Å²) in [6.07, 6.45) is 4.36. The molecule has 46 heavy (non-hydrogen) atoms. The van der Waals surface area contributed by atoms with E-state index < -0.39 is 0 Å². The van der Waals surface area contributed by atoms with Crippen molar-refractivity contribution < 1.29 is 23.9 Å². The monoisotopic (exact) mass is 624 g/mol. The van der Waals surface area contributed by atoms with Gasteiger partial charge in [-0.25, -0.2) is 0 Å². The number of amides is 3. The maximum absolute atomic E-state index is 13.8. The van der Waals surface area contributed by atoms with Crippen LogP contribution in [0.3, 0.4) is 0 Å². The van der Waals surface area contributed by atoms with Crippen LogP contribution in [0.25, 0.3) is 10.8 Å². The third kappa shape index (κ3) is 7.18. The van der Waals surface area contributed by atoms with Gasteiger partial charge in [0.1, 0.15) is 0 Å². The second-order valence-electron chi connectivity index (χ2n) is 12.3. The molecule has 240 valence electrons. The molecule has 0 radical (unpaired) electrons. The summed E-state index contributed by atoms with van der Waals surface area (Å²) in [5.41, 5.74) is 2.06. The van der Waals surface area contributed by atoms with E-state index in [2.05, 4.69) is 71.1 Å². The molecule has 0 aromatic heterocycles. The minimum Gasteiger partial charge on any atom is -0.454 e. The molecule has 3 heterocycles. The van der Waals surface area contributed by atoms with E-state index in [9.17, 15) is 14.4 Å². The molecule has 2 N–H and O–H groups in total. The van der Waals surface area contributed by atoms with E-state index in [1.165, 1.54) is 16.3 Å². The summed E-state index contributed by atoms with van der Waals surface area (Å²) >= 11 is 0. The zero-order valence-corrected chi connectivity index (χ0v) is 26.1. The molecule has 2 atom stereocenters. The van der Waals surface area contributed by atoms with Gasteiger partial charge in [-0.1, -0.05) is 48.5 Å². The molecule has 6 rings (SSSR count). The molecule has 3 aromatic carbocycles. The lowest BCUT2D eigenvalue weighted by molar-refractivity contribution is -0.139. The molecule has 0 aliphatic carbocycles. The smallest absolute Gasteiger partial charge is 0.240 e. The first-order valence-electron chi connectivity index (χ1n) is 16.0. The molecule has 0 saturated carbocycles. The van der Waals surface area contributed by atoms with E-state index in [1.54, 1.807) is 15.9 Å². The minimum absolute atomic E-state index is 0.118. The largest absolute Gasteiger partial charge is 0.454 e. The van der Waals surface area contributed by atoms with Crippen LogP contribution in [0.15, 0.2) is 60.7 Å². The second kappa shape index (κ2) is 14.1. The van der Waals surface area contributed by atoms with Crippen LogP contribution < -0.4 is 20.1 Å². The van der Waals surface area contributed by atoms with Crippen LogP contribution in [-0.2, 0) is 20.8 Å². The van der Waals surface area contributed by atoms with Gasteiger partial charge in [-0.3, -0.25) is 19.3 Å². The Labute approximate surface area is 269 Å². The molecule has 2 fully saturated rings. The highest BCUT2D eigenvalue weighted by Crippen LogP contribution is 2.34. The van der Waals surface area contributed by atoms with Gasteiger partial charge in [-0.2, -0.15) is 5.26 Å². The third-order valence-electron chi connectivity index (χ3n) is 9.33. The van der Waals surface area contributed by atoms with Gasteiger partial charge in [0.15, 0.2) is 17.7 Å². The fourth-order valence-electron chi connectivity index (χ4n) is 6.78. The predicted molar refractivity (Wildman–Crippen MR) is 172 cm³/mol. The summed E-state index contributed by atoms with van der Waals surface area (Å²) in [4.78, 5) is 45.2. The van der Waals surface area contributed by atoms with Crippen molar-refractivity contribution in [2.45, 2.75) is 50.7 Å². The highest BCUT2D eigenvalue weighted by Gasteiger charge is 2.32. The average molecular weight is 625 g/mol. The Morgan fingerprint density at radius 2 is 1.76 bits per heavy atom. The molecule has 3 aliphatic rings. The third-order valence-corrected chi connectivity index (χ3v) is 9.33. The second-order valence-corrected chi connectivity index (χ2v) is 12.3. The summed E-state index contributed by atoms with van der Waals surface area (Å²) in [6.45, 7) is 4.71. The number of nitrogens with one attached hydrogen (secondary N) is 2. The number of fused-ring (bicyclic) bond motifs is 2. The predicted octanol–water partition coefficient (Wildman–Crippen LogP) is 2.95. The number of rotatable bonds is 10. The fourth-order valence-corrected chi connectivity index (χ4v) is 6.78. The Balaban J connectivity index is 1.10. The highest BCUT2D eigenvalue weighted by molar-refractivity contribution is 5.89. The maximum Gasteiger partial charge on any atom is 0.240 e. The van der Waals surface area contributed by atoms with E-state index in [1.807, 2.05) is 12.1 Å². The Bertz CT molecular complexity index is 1630. The van der Waals surface area contributed by atoms with Crippen LogP contribution in [0.1, 0.15) is 43.4 Å². The van der Waals surface area contributed by atoms with Crippen molar-refractivity contribution in [3.63, 3.8) is 0 Å². The van der Waals surface area contributed by atoms with E-state index in [0.717, 1.165) is 31.5 Å². The normalized spacial score (nSPS) is 18.6. The first kappa shape index (κ1) is 31.2. The van der Waals surface area contributed by atoms with Crippen LogP contribution in [0.4, 0.5) is 0 Å². The van der Waals surface area contributed by atoms with E-state index in [4.69, 9.17) is 14.7 Å². The number of carbonyl (C=O) groups excluding carboxylic acids is 3. The van der Waals surface area contributed by atoms with Gasteiger partial charge in [0, 0.05) is 44.3 Å². The molecule has 3 amide bonds. The molecule has 3 aliphatic heterocycles. The van der Waals surface area contributed by atoms with Gasteiger partial charge < -0.3 is 29.9 Å². The van der Waals surface area contributed by atoms with E-state index in [0.29, 0.717) is 31.0 Å². The quantitative estimate of drug-likeness (QED) is 0.330. The SMILES string of the molecule is CC(c1cccc2ccccc12)N1CCC(N(CC(=O)NCC(=O)NC2CCN(C#N)C2)C(=O)Cc2ccc3c(c2)OCO3)CC1. The summed E-state index contributed by atoms with van der Waals surface area (Å²) in [5, 5.41) is 17.1. The number of ether oxygens (including phenoxy) is 2. The Hall–Kier alpha value is -4.82. The van der Waals surface area contributed by atoms with Gasteiger partial charge in [0.05, 0.1) is 19.5 Å². The van der Waals surface area contributed by atoms with E-state index in [-0.39, 0.29) is 62.2 Å². The zero-order valence-electron chi connectivity index (χ0n) is 26.1. The van der Waals surface area contributed by atoms with Crippen molar-refractivity contribution in [1.29, 1.82) is 5.26 Å². The Morgan fingerprint density at radius 3 is 2.57 bits per heavy atom.